The highest BCUT2D eigenvalue weighted by Gasteiger charge is 2.08. The first kappa shape index (κ1) is 13.2. The first-order chi connectivity index (χ1) is 9.04. The van der Waals surface area contributed by atoms with E-state index in [-0.39, 0.29) is 5.69 Å². The molecule has 0 amide bonds. The van der Waals surface area contributed by atoms with Crippen molar-refractivity contribution < 1.29 is 9.90 Å². The molecule has 2 rings (SSSR count). The molecule has 0 atom stereocenters. The molecule has 2 aromatic heterocycles. The summed E-state index contributed by atoms with van der Waals surface area (Å²) in [6, 6.07) is 0. The van der Waals surface area contributed by atoms with Gasteiger partial charge in [-0.2, -0.15) is 5.10 Å². The fraction of sp³-hybridized carbons (Fsp3) is 0.455. The van der Waals surface area contributed by atoms with Gasteiger partial charge in [0.2, 0.25) is 0 Å². The number of carboxylic acid groups (broad SMARTS) is 1. The molecule has 0 unspecified atom stereocenters. The minimum absolute atomic E-state index is 0.0325. The largest absolute Gasteiger partial charge is 0.476 e. The molecular weight excluding hydrogens is 248 g/mol. The third-order valence-electron chi connectivity index (χ3n) is 2.68. The molecule has 0 saturated heterocycles. The number of hydrogen-bond donors (Lipinski definition) is 1. The van der Waals surface area contributed by atoms with Gasteiger partial charge in [-0.1, -0.05) is 5.21 Å². The molecule has 19 heavy (non-hydrogen) atoms. The van der Waals surface area contributed by atoms with Crippen LogP contribution in [0.2, 0.25) is 0 Å². The molecule has 0 aromatic carbocycles. The molecule has 0 saturated carbocycles. The summed E-state index contributed by atoms with van der Waals surface area (Å²) in [5.74, 6) is -1.06. The highest BCUT2D eigenvalue weighted by molar-refractivity contribution is 5.84. The van der Waals surface area contributed by atoms with Crippen LogP contribution in [0.4, 0.5) is 0 Å². The van der Waals surface area contributed by atoms with Gasteiger partial charge in [0.25, 0.3) is 0 Å². The summed E-state index contributed by atoms with van der Waals surface area (Å²) in [5, 5.41) is 20.2. The van der Waals surface area contributed by atoms with E-state index in [1.807, 2.05) is 26.5 Å². The molecule has 0 aliphatic heterocycles. The predicted octanol–water partition coefficient (Wildman–Crippen LogP) is -0.158. The summed E-state index contributed by atoms with van der Waals surface area (Å²) < 4.78 is 3.29. The lowest BCUT2D eigenvalue weighted by Crippen LogP contribution is -2.23. The van der Waals surface area contributed by atoms with Gasteiger partial charge in [-0.25, -0.2) is 4.79 Å². The lowest BCUT2D eigenvalue weighted by molar-refractivity contribution is 0.0690. The Morgan fingerprint density at radius 2 is 2.26 bits per heavy atom. The number of nitrogens with zero attached hydrogens (tertiary/aromatic N) is 6. The van der Waals surface area contributed by atoms with Crippen molar-refractivity contribution in [3.63, 3.8) is 0 Å². The molecule has 1 N–H and O–H groups in total. The van der Waals surface area contributed by atoms with Crippen LogP contribution >= 0.6 is 0 Å². The third kappa shape index (κ3) is 3.62. The van der Waals surface area contributed by atoms with E-state index in [0.29, 0.717) is 6.54 Å². The quantitative estimate of drug-likeness (QED) is 0.780. The number of carbonyl (C=O) groups is 1. The van der Waals surface area contributed by atoms with Crippen molar-refractivity contribution in [2.75, 3.05) is 13.6 Å². The Morgan fingerprint density at radius 3 is 2.84 bits per heavy atom. The van der Waals surface area contributed by atoms with Gasteiger partial charge >= 0.3 is 5.97 Å². The van der Waals surface area contributed by atoms with Crippen LogP contribution in [-0.2, 0) is 20.1 Å². The van der Waals surface area contributed by atoms with Crippen LogP contribution < -0.4 is 0 Å². The number of hydrogen-bond acceptors (Lipinski definition) is 5. The van der Waals surface area contributed by atoms with E-state index < -0.39 is 5.97 Å². The van der Waals surface area contributed by atoms with Crippen LogP contribution in [0.15, 0.2) is 18.6 Å². The Labute approximate surface area is 110 Å². The maximum Gasteiger partial charge on any atom is 0.358 e. The number of aryl methyl sites for hydroxylation is 1. The monoisotopic (exact) mass is 264 g/mol. The van der Waals surface area contributed by atoms with E-state index in [1.54, 1.807) is 4.68 Å². The van der Waals surface area contributed by atoms with Gasteiger partial charge in [-0.15, -0.1) is 5.10 Å². The molecule has 8 nitrogen and oxygen atoms in total. The molecule has 2 aromatic rings. The van der Waals surface area contributed by atoms with Crippen molar-refractivity contribution in [2.45, 2.75) is 13.1 Å². The molecule has 0 aliphatic carbocycles. The maximum atomic E-state index is 10.7. The van der Waals surface area contributed by atoms with Gasteiger partial charge in [0.15, 0.2) is 5.69 Å². The Bertz CT molecular complexity index is 561. The van der Waals surface area contributed by atoms with Crippen molar-refractivity contribution >= 4 is 5.97 Å². The van der Waals surface area contributed by atoms with Crippen molar-refractivity contribution in [1.82, 2.24) is 29.7 Å². The Hall–Kier alpha value is -2.22. The van der Waals surface area contributed by atoms with Gasteiger partial charge in [0.1, 0.15) is 0 Å². The van der Waals surface area contributed by atoms with E-state index in [4.69, 9.17) is 5.11 Å². The summed E-state index contributed by atoms with van der Waals surface area (Å²) in [4.78, 5) is 12.8. The summed E-state index contributed by atoms with van der Waals surface area (Å²) in [5.41, 5.74) is 1.10. The average Bonchev–Trinajstić information content (AvgIpc) is 2.96. The topological polar surface area (TPSA) is 89.1 Å². The lowest BCUT2D eigenvalue weighted by Gasteiger charge is -2.14. The average molecular weight is 264 g/mol. The fourth-order valence-electron chi connectivity index (χ4n) is 1.72. The lowest BCUT2D eigenvalue weighted by atomic mass is 10.3. The summed E-state index contributed by atoms with van der Waals surface area (Å²) in [6.45, 7) is 2.13. The van der Waals surface area contributed by atoms with Gasteiger partial charge in [0, 0.05) is 31.9 Å². The molecule has 8 heteroatoms. The van der Waals surface area contributed by atoms with Crippen molar-refractivity contribution in [3.05, 3.63) is 29.8 Å². The third-order valence-corrected chi connectivity index (χ3v) is 2.68. The minimum atomic E-state index is -1.06. The van der Waals surface area contributed by atoms with Crippen LogP contribution in [0.5, 0.6) is 0 Å². The molecule has 0 radical (unpaired) electrons. The van der Waals surface area contributed by atoms with E-state index in [2.05, 4.69) is 20.3 Å². The van der Waals surface area contributed by atoms with Crippen LogP contribution in [-0.4, -0.2) is 54.3 Å². The van der Waals surface area contributed by atoms with Crippen LogP contribution in [0.25, 0.3) is 0 Å². The van der Waals surface area contributed by atoms with Gasteiger partial charge in [-0.3, -0.25) is 9.36 Å². The number of likely N-dealkylation sites (N-methyl/N-ethyl adjacent to an activating group) is 1. The molecule has 102 valence electrons. The van der Waals surface area contributed by atoms with Crippen molar-refractivity contribution in [1.29, 1.82) is 0 Å². The first-order valence-corrected chi connectivity index (χ1v) is 5.84. The van der Waals surface area contributed by atoms with E-state index >= 15 is 0 Å². The SMILES string of the molecule is CN(CCn1cc(C(=O)O)nn1)Cc1cnn(C)c1. The van der Waals surface area contributed by atoms with Gasteiger partial charge in [0.05, 0.1) is 18.9 Å². The van der Waals surface area contributed by atoms with Gasteiger partial charge < -0.3 is 10.0 Å². The number of aromatic nitrogens is 5. The number of rotatable bonds is 6. The zero-order chi connectivity index (χ0) is 13.8. The second kappa shape index (κ2) is 5.61. The zero-order valence-electron chi connectivity index (χ0n) is 10.9. The highest BCUT2D eigenvalue weighted by atomic mass is 16.4. The Morgan fingerprint density at radius 1 is 1.47 bits per heavy atom. The van der Waals surface area contributed by atoms with E-state index in [9.17, 15) is 4.79 Å². The highest BCUT2D eigenvalue weighted by Crippen LogP contribution is 2.01. The van der Waals surface area contributed by atoms with Crippen LogP contribution in [0, 0.1) is 0 Å². The maximum absolute atomic E-state index is 10.7. The van der Waals surface area contributed by atoms with Gasteiger partial charge in [-0.05, 0) is 7.05 Å². The minimum Gasteiger partial charge on any atom is -0.476 e. The predicted molar refractivity (Wildman–Crippen MR) is 66.5 cm³/mol. The standard InChI is InChI=1S/C11H16N6O2/c1-15(6-9-5-12-16(2)7-9)3-4-17-8-10(11(18)19)13-14-17/h5,7-8H,3-4,6H2,1-2H3,(H,18,19). The molecular formula is C11H16N6O2. The molecule has 2 heterocycles. The summed E-state index contributed by atoms with van der Waals surface area (Å²) >= 11 is 0. The van der Waals surface area contributed by atoms with E-state index in [0.717, 1.165) is 18.7 Å². The fourth-order valence-corrected chi connectivity index (χ4v) is 1.72. The van der Waals surface area contributed by atoms with Crippen molar-refractivity contribution in [3.8, 4) is 0 Å². The second-order valence-corrected chi connectivity index (χ2v) is 4.43. The van der Waals surface area contributed by atoms with E-state index in [1.165, 1.54) is 10.9 Å². The second-order valence-electron chi connectivity index (χ2n) is 4.43. The Kier molecular flexibility index (Phi) is 3.91. The van der Waals surface area contributed by atoms with Crippen molar-refractivity contribution in [2.24, 2.45) is 7.05 Å². The van der Waals surface area contributed by atoms with Crippen LogP contribution in [0.1, 0.15) is 16.1 Å². The summed E-state index contributed by atoms with van der Waals surface area (Å²) in [7, 11) is 3.87. The number of aromatic carboxylic acids is 1. The number of carboxylic acids is 1. The Balaban J connectivity index is 1.82. The molecule has 0 bridgehead atoms. The normalized spacial score (nSPS) is 11.1. The zero-order valence-corrected chi connectivity index (χ0v) is 10.9. The first-order valence-electron chi connectivity index (χ1n) is 5.84. The smallest absolute Gasteiger partial charge is 0.358 e. The summed E-state index contributed by atoms with van der Waals surface area (Å²) in [6.07, 6.45) is 5.23. The molecule has 0 aliphatic rings. The molecule has 0 fully saturated rings. The molecule has 0 spiro atoms. The van der Waals surface area contributed by atoms with Crippen LogP contribution in [0.3, 0.4) is 0 Å².